The van der Waals surface area contributed by atoms with Crippen molar-refractivity contribution in [3.8, 4) is 5.75 Å². The summed E-state index contributed by atoms with van der Waals surface area (Å²) in [4.78, 5) is 2.87. The van der Waals surface area contributed by atoms with E-state index >= 15 is 0 Å². The number of likely N-dealkylation sites (tertiary alicyclic amines) is 1. The SMILES string of the molecule is CC1(N2CCC(Nc3cc(S(C)(=O)=O)ccc3O)CC2)CCCCC1. The second kappa shape index (κ2) is 7.16. The van der Waals surface area contributed by atoms with Crippen molar-refractivity contribution >= 4 is 15.5 Å². The smallest absolute Gasteiger partial charge is 0.175 e. The fourth-order valence-electron chi connectivity index (χ4n) is 4.27. The normalized spacial score (nSPS) is 22.6. The highest BCUT2D eigenvalue weighted by Crippen LogP contribution is 2.36. The number of phenolic OH excluding ortho intramolecular Hbond substituents is 1. The number of hydrogen-bond donors (Lipinski definition) is 2. The Morgan fingerprint density at radius 3 is 2.40 bits per heavy atom. The maximum atomic E-state index is 11.7. The van der Waals surface area contributed by atoms with Crippen LogP contribution in [0.25, 0.3) is 0 Å². The molecule has 3 rings (SSSR count). The molecule has 1 saturated heterocycles. The molecule has 0 aromatic heterocycles. The lowest BCUT2D eigenvalue weighted by Gasteiger charge is -2.47. The van der Waals surface area contributed by atoms with E-state index in [1.807, 2.05) is 0 Å². The number of sulfone groups is 1. The summed E-state index contributed by atoms with van der Waals surface area (Å²) in [5.41, 5.74) is 0.868. The quantitative estimate of drug-likeness (QED) is 0.800. The van der Waals surface area contributed by atoms with Crippen LogP contribution in [0.5, 0.6) is 5.75 Å². The van der Waals surface area contributed by atoms with Gasteiger partial charge >= 0.3 is 0 Å². The minimum atomic E-state index is -3.27. The van der Waals surface area contributed by atoms with Gasteiger partial charge in [-0.3, -0.25) is 4.90 Å². The predicted octanol–water partition coefficient (Wildman–Crippen LogP) is 3.39. The van der Waals surface area contributed by atoms with Crippen molar-refractivity contribution in [2.24, 2.45) is 0 Å². The molecule has 2 fully saturated rings. The first-order chi connectivity index (χ1) is 11.8. The summed E-state index contributed by atoms with van der Waals surface area (Å²) in [6.07, 6.45) is 9.83. The second-order valence-corrected chi connectivity index (χ2v) is 9.93. The molecule has 0 spiro atoms. The predicted molar refractivity (Wildman–Crippen MR) is 101 cm³/mol. The number of aromatic hydroxyl groups is 1. The molecule has 0 atom stereocenters. The van der Waals surface area contributed by atoms with Crippen LogP contribution in [0, 0.1) is 0 Å². The van der Waals surface area contributed by atoms with E-state index in [4.69, 9.17) is 0 Å². The summed E-state index contributed by atoms with van der Waals surface area (Å²) in [5.74, 6) is 0.106. The van der Waals surface area contributed by atoms with E-state index < -0.39 is 9.84 Å². The van der Waals surface area contributed by atoms with Crippen molar-refractivity contribution in [3.63, 3.8) is 0 Å². The molecule has 1 heterocycles. The lowest BCUT2D eigenvalue weighted by Crippen LogP contribution is -2.52. The number of benzene rings is 1. The van der Waals surface area contributed by atoms with Crippen LogP contribution >= 0.6 is 0 Å². The molecular formula is C19H30N2O3S. The summed E-state index contributed by atoms with van der Waals surface area (Å²) >= 11 is 0. The molecule has 1 saturated carbocycles. The molecule has 0 unspecified atom stereocenters. The van der Waals surface area contributed by atoms with Gasteiger partial charge in [-0.25, -0.2) is 8.42 Å². The number of hydrogen-bond acceptors (Lipinski definition) is 5. The average Bonchev–Trinajstić information content (AvgIpc) is 2.57. The van der Waals surface area contributed by atoms with Gasteiger partial charge in [-0.1, -0.05) is 19.3 Å². The molecule has 2 N–H and O–H groups in total. The lowest BCUT2D eigenvalue weighted by atomic mass is 9.80. The van der Waals surface area contributed by atoms with Crippen LogP contribution < -0.4 is 5.32 Å². The van der Waals surface area contributed by atoms with Crippen LogP contribution in [0.3, 0.4) is 0 Å². The maximum Gasteiger partial charge on any atom is 0.175 e. The molecule has 25 heavy (non-hydrogen) atoms. The number of nitrogens with zero attached hydrogens (tertiary/aromatic N) is 1. The van der Waals surface area contributed by atoms with E-state index in [9.17, 15) is 13.5 Å². The summed E-state index contributed by atoms with van der Waals surface area (Å²) in [5, 5.41) is 13.4. The third-order valence-corrected chi connectivity index (χ3v) is 7.06. The van der Waals surface area contributed by atoms with Gasteiger partial charge in [0.2, 0.25) is 0 Å². The highest BCUT2D eigenvalue weighted by Gasteiger charge is 2.35. The van der Waals surface area contributed by atoms with E-state index in [-0.39, 0.29) is 16.7 Å². The lowest BCUT2D eigenvalue weighted by molar-refractivity contribution is 0.0457. The minimum absolute atomic E-state index is 0.106. The van der Waals surface area contributed by atoms with Crippen LogP contribution in [0.1, 0.15) is 51.9 Å². The largest absolute Gasteiger partial charge is 0.506 e. The molecule has 5 nitrogen and oxygen atoms in total. The van der Waals surface area contributed by atoms with Crippen LogP contribution in [-0.2, 0) is 9.84 Å². The molecule has 1 aliphatic carbocycles. The fourth-order valence-corrected chi connectivity index (χ4v) is 4.92. The summed E-state index contributed by atoms with van der Waals surface area (Å²) in [6, 6.07) is 4.71. The highest BCUT2D eigenvalue weighted by molar-refractivity contribution is 7.90. The summed E-state index contributed by atoms with van der Waals surface area (Å²) in [7, 11) is -3.27. The molecular weight excluding hydrogens is 336 g/mol. The Labute approximate surface area is 151 Å². The molecule has 0 amide bonds. The van der Waals surface area contributed by atoms with Gasteiger partial charge in [0, 0.05) is 30.9 Å². The molecule has 140 valence electrons. The van der Waals surface area contributed by atoms with Crippen molar-refractivity contribution in [1.29, 1.82) is 0 Å². The molecule has 1 aliphatic heterocycles. The third kappa shape index (κ3) is 4.29. The Morgan fingerprint density at radius 1 is 1.16 bits per heavy atom. The van der Waals surface area contributed by atoms with Crippen molar-refractivity contribution in [2.75, 3.05) is 24.7 Å². The van der Waals surface area contributed by atoms with E-state index in [1.165, 1.54) is 50.5 Å². The zero-order valence-corrected chi connectivity index (χ0v) is 16.1. The van der Waals surface area contributed by atoms with Gasteiger partial charge in [-0.15, -0.1) is 0 Å². The van der Waals surface area contributed by atoms with Gasteiger partial charge in [-0.05, 0) is 50.8 Å². The first-order valence-electron chi connectivity index (χ1n) is 9.33. The molecule has 2 aliphatic rings. The van der Waals surface area contributed by atoms with Crippen LogP contribution in [0.15, 0.2) is 23.1 Å². The number of nitrogens with one attached hydrogen (secondary N) is 1. The Morgan fingerprint density at radius 2 is 1.80 bits per heavy atom. The van der Waals surface area contributed by atoms with Gasteiger partial charge in [0.15, 0.2) is 9.84 Å². The van der Waals surface area contributed by atoms with Crippen molar-refractivity contribution < 1.29 is 13.5 Å². The van der Waals surface area contributed by atoms with Crippen LogP contribution in [0.2, 0.25) is 0 Å². The van der Waals surface area contributed by atoms with Gasteiger partial charge in [-0.2, -0.15) is 0 Å². The third-order valence-electron chi connectivity index (χ3n) is 5.94. The van der Waals surface area contributed by atoms with Gasteiger partial charge in [0.1, 0.15) is 5.75 Å². The summed E-state index contributed by atoms with van der Waals surface area (Å²) in [6.45, 7) is 4.52. The second-order valence-electron chi connectivity index (χ2n) is 7.91. The van der Waals surface area contributed by atoms with E-state index in [0.717, 1.165) is 25.9 Å². The van der Waals surface area contributed by atoms with Gasteiger partial charge in [0.05, 0.1) is 10.6 Å². The number of rotatable bonds is 4. The monoisotopic (exact) mass is 366 g/mol. The molecule has 1 aromatic rings. The number of anilines is 1. The van der Waals surface area contributed by atoms with Gasteiger partial charge < -0.3 is 10.4 Å². The standard InChI is InChI=1S/C19H30N2O3S/c1-19(10-4-3-5-11-19)21-12-8-15(9-13-21)20-17-14-16(25(2,23)24)6-7-18(17)22/h6-7,14-15,20,22H,3-5,8-13H2,1-2H3. The van der Waals surface area contributed by atoms with Crippen LogP contribution in [-0.4, -0.2) is 49.4 Å². The molecule has 6 heteroatoms. The zero-order valence-electron chi connectivity index (χ0n) is 15.3. The fraction of sp³-hybridized carbons (Fsp3) is 0.684. The van der Waals surface area contributed by atoms with E-state index in [1.54, 1.807) is 6.07 Å². The van der Waals surface area contributed by atoms with E-state index in [0.29, 0.717) is 11.2 Å². The first kappa shape index (κ1) is 18.5. The highest BCUT2D eigenvalue weighted by atomic mass is 32.2. The number of piperidine rings is 1. The summed E-state index contributed by atoms with van der Waals surface area (Å²) < 4.78 is 23.5. The van der Waals surface area contributed by atoms with Crippen molar-refractivity contribution in [3.05, 3.63) is 18.2 Å². The molecule has 1 aromatic carbocycles. The Hall–Kier alpha value is -1.27. The topological polar surface area (TPSA) is 69.6 Å². The van der Waals surface area contributed by atoms with Gasteiger partial charge in [0.25, 0.3) is 0 Å². The Bertz CT molecular complexity index is 703. The molecule has 0 radical (unpaired) electrons. The first-order valence-corrected chi connectivity index (χ1v) is 11.2. The zero-order chi connectivity index (χ0) is 18.1. The average molecular weight is 367 g/mol. The van der Waals surface area contributed by atoms with E-state index in [2.05, 4.69) is 17.1 Å². The minimum Gasteiger partial charge on any atom is -0.506 e. The van der Waals surface area contributed by atoms with Crippen molar-refractivity contribution in [1.82, 2.24) is 4.90 Å². The van der Waals surface area contributed by atoms with Crippen molar-refractivity contribution in [2.45, 2.75) is 68.3 Å². The number of phenols is 1. The molecule has 0 bridgehead atoms. The Balaban J connectivity index is 1.63. The van der Waals surface area contributed by atoms with Crippen LogP contribution in [0.4, 0.5) is 5.69 Å². The maximum absolute atomic E-state index is 11.7. The Kier molecular flexibility index (Phi) is 5.30.